The van der Waals surface area contributed by atoms with Crippen molar-refractivity contribution in [1.29, 1.82) is 0 Å². The van der Waals surface area contributed by atoms with Gasteiger partial charge in [0.2, 0.25) is 0 Å². The van der Waals surface area contributed by atoms with Crippen LogP contribution < -0.4 is 0 Å². The third kappa shape index (κ3) is 2.45. The van der Waals surface area contributed by atoms with Gasteiger partial charge in [0.15, 0.2) is 0 Å². The zero-order valence-electron chi connectivity index (χ0n) is 16.7. The van der Waals surface area contributed by atoms with Crippen LogP contribution in [0.25, 0.3) is 0 Å². The molecule has 0 spiro atoms. The number of aliphatic hydroxyl groups is 2. The molecule has 5 saturated carbocycles. The van der Waals surface area contributed by atoms with Crippen molar-refractivity contribution in [1.82, 2.24) is 0 Å². The van der Waals surface area contributed by atoms with Crippen LogP contribution in [0.1, 0.15) is 64.7 Å². The van der Waals surface area contributed by atoms with E-state index in [-0.39, 0.29) is 5.57 Å². The quantitative estimate of drug-likeness (QED) is 0.503. The van der Waals surface area contributed by atoms with Crippen LogP contribution in [-0.2, 0) is 4.79 Å². The van der Waals surface area contributed by atoms with Gasteiger partial charge in [0, 0.05) is 18.8 Å². The molecule has 4 bridgehead atoms. The van der Waals surface area contributed by atoms with E-state index in [1.807, 2.05) is 0 Å². The molecule has 4 heteroatoms. The molecule has 3 N–H and O–H groups in total. The minimum atomic E-state index is -0.935. The van der Waals surface area contributed by atoms with E-state index in [2.05, 4.69) is 6.58 Å². The molecule has 8 atom stereocenters. The molecular weight excluding hydrogens is 340 g/mol. The lowest BCUT2D eigenvalue weighted by Gasteiger charge is -2.58. The van der Waals surface area contributed by atoms with Crippen molar-refractivity contribution in [3.8, 4) is 0 Å². The highest BCUT2D eigenvalue weighted by molar-refractivity contribution is 5.84. The van der Waals surface area contributed by atoms with Crippen LogP contribution in [0.5, 0.6) is 0 Å². The zero-order valence-corrected chi connectivity index (χ0v) is 16.7. The molecule has 0 radical (unpaired) electrons. The van der Waals surface area contributed by atoms with Crippen molar-refractivity contribution in [3.63, 3.8) is 0 Å². The molecule has 27 heavy (non-hydrogen) atoms. The molecule has 8 unspecified atom stereocenters. The fourth-order valence-electron chi connectivity index (χ4n) is 9.34. The fourth-order valence-corrected chi connectivity index (χ4v) is 9.34. The average Bonchev–Trinajstić information content (AvgIpc) is 3.39. The van der Waals surface area contributed by atoms with Gasteiger partial charge in [0.05, 0.1) is 0 Å². The Hall–Kier alpha value is -0.870. The highest BCUT2D eigenvalue weighted by Gasteiger charge is 2.78. The number of carboxylic acid groups (broad SMARTS) is 1. The van der Waals surface area contributed by atoms with Gasteiger partial charge in [0.25, 0.3) is 0 Å². The first-order chi connectivity index (χ1) is 12.9. The summed E-state index contributed by atoms with van der Waals surface area (Å²) in [6.07, 6.45) is 12.1. The van der Waals surface area contributed by atoms with Gasteiger partial charge in [-0.15, -0.1) is 0 Å². The maximum atomic E-state index is 9.89. The normalized spacial score (nSPS) is 48.1. The summed E-state index contributed by atoms with van der Waals surface area (Å²) in [6.45, 7) is 5.34. The first kappa shape index (κ1) is 19.4. The SMILES string of the molecule is C=C(C)C(=O)O.OCCC12CC(C3CCCC31)C1C3CCC(C3)C12CCO. The Labute approximate surface area is 163 Å². The van der Waals surface area contributed by atoms with Gasteiger partial charge < -0.3 is 15.3 Å². The summed E-state index contributed by atoms with van der Waals surface area (Å²) in [4.78, 5) is 9.60. The van der Waals surface area contributed by atoms with Gasteiger partial charge in [-0.3, -0.25) is 0 Å². The lowest BCUT2D eigenvalue weighted by Crippen LogP contribution is -2.53. The molecule has 152 valence electrons. The monoisotopic (exact) mass is 376 g/mol. The van der Waals surface area contributed by atoms with Crippen LogP contribution in [0.15, 0.2) is 12.2 Å². The molecule has 5 aliphatic carbocycles. The number of fused-ring (bicyclic) bond motifs is 12. The summed E-state index contributed by atoms with van der Waals surface area (Å²) in [6, 6.07) is 0. The van der Waals surface area contributed by atoms with Crippen LogP contribution in [0.2, 0.25) is 0 Å². The van der Waals surface area contributed by atoms with Crippen LogP contribution in [-0.4, -0.2) is 34.5 Å². The molecule has 5 fully saturated rings. The Kier molecular flexibility index (Phi) is 4.95. The van der Waals surface area contributed by atoms with Crippen molar-refractivity contribution in [2.45, 2.75) is 64.7 Å². The van der Waals surface area contributed by atoms with Gasteiger partial charge in [-0.2, -0.15) is 0 Å². The molecule has 5 aliphatic rings. The second-order valence-electron chi connectivity index (χ2n) is 10.1. The number of aliphatic hydroxyl groups excluding tert-OH is 2. The predicted molar refractivity (Wildman–Crippen MR) is 104 cm³/mol. The number of hydrogen-bond donors (Lipinski definition) is 3. The van der Waals surface area contributed by atoms with E-state index in [1.54, 1.807) is 0 Å². The third-order valence-corrected chi connectivity index (χ3v) is 9.57. The smallest absolute Gasteiger partial charge is 0.330 e. The average molecular weight is 377 g/mol. The van der Waals surface area contributed by atoms with E-state index in [9.17, 15) is 15.0 Å². The number of hydrogen-bond acceptors (Lipinski definition) is 3. The van der Waals surface area contributed by atoms with E-state index < -0.39 is 5.97 Å². The minimum absolute atomic E-state index is 0.176. The molecule has 0 amide bonds. The second kappa shape index (κ2) is 6.88. The molecule has 0 aromatic heterocycles. The number of carbonyl (C=O) groups is 1. The zero-order chi connectivity index (χ0) is 19.4. The van der Waals surface area contributed by atoms with Crippen molar-refractivity contribution in [2.75, 3.05) is 13.2 Å². The van der Waals surface area contributed by atoms with Gasteiger partial charge in [-0.1, -0.05) is 13.0 Å². The van der Waals surface area contributed by atoms with Crippen LogP contribution in [0.4, 0.5) is 0 Å². The summed E-state index contributed by atoms with van der Waals surface area (Å²) in [5.41, 5.74) is 1.000. The lowest BCUT2D eigenvalue weighted by atomic mass is 9.46. The van der Waals surface area contributed by atoms with E-state index in [0.29, 0.717) is 24.0 Å². The van der Waals surface area contributed by atoms with E-state index in [1.165, 1.54) is 51.9 Å². The molecule has 5 rings (SSSR count). The van der Waals surface area contributed by atoms with Gasteiger partial charge in [-0.05, 0) is 105 Å². The molecule has 0 heterocycles. The lowest BCUT2D eigenvalue weighted by molar-refractivity contribution is -0.132. The Balaban J connectivity index is 0.000000264. The van der Waals surface area contributed by atoms with Gasteiger partial charge in [0.1, 0.15) is 0 Å². The maximum Gasteiger partial charge on any atom is 0.330 e. The van der Waals surface area contributed by atoms with Crippen molar-refractivity contribution in [3.05, 3.63) is 12.2 Å². The molecule has 0 saturated heterocycles. The number of carboxylic acids is 1. The van der Waals surface area contributed by atoms with Crippen LogP contribution in [0.3, 0.4) is 0 Å². The highest BCUT2D eigenvalue weighted by atomic mass is 16.4. The van der Waals surface area contributed by atoms with Gasteiger partial charge in [-0.25, -0.2) is 4.79 Å². The van der Waals surface area contributed by atoms with Crippen molar-refractivity contribution < 1.29 is 20.1 Å². The predicted octanol–water partition coefficient (Wildman–Crippen LogP) is 3.87. The first-order valence-electron chi connectivity index (χ1n) is 11.0. The van der Waals surface area contributed by atoms with E-state index in [4.69, 9.17) is 5.11 Å². The van der Waals surface area contributed by atoms with Crippen molar-refractivity contribution in [2.24, 2.45) is 46.3 Å². The number of rotatable bonds is 5. The Morgan fingerprint density at radius 3 is 2.41 bits per heavy atom. The standard InChI is InChI=1S/C19H30O2.C4H6O2/c20-8-6-18-11-15(14-2-1-3-16(14)18)17-12-4-5-13(10-12)19(17,18)7-9-21;1-3(2)4(5)6/h12-17,20-21H,1-11H2;1H2,2H3,(H,5,6). The first-order valence-corrected chi connectivity index (χ1v) is 11.0. The molecule has 0 aliphatic heterocycles. The minimum Gasteiger partial charge on any atom is -0.478 e. The fraction of sp³-hybridized carbons (Fsp3) is 0.870. The Morgan fingerprint density at radius 2 is 1.78 bits per heavy atom. The Bertz CT molecular complexity index is 603. The largest absolute Gasteiger partial charge is 0.478 e. The maximum absolute atomic E-state index is 9.89. The van der Waals surface area contributed by atoms with Crippen LogP contribution in [0, 0.1) is 46.3 Å². The molecule has 4 nitrogen and oxygen atoms in total. The Morgan fingerprint density at radius 1 is 1.07 bits per heavy atom. The van der Waals surface area contributed by atoms with E-state index in [0.717, 1.165) is 48.3 Å². The van der Waals surface area contributed by atoms with E-state index >= 15 is 0 Å². The molecule has 0 aromatic rings. The molecular formula is C23H36O4. The highest BCUT2D eigenvalue weighted by Crippen LogP contribution is 2.84. The third-order valence-electron chi connectivity index (χ3n) is 9.57. The van der Waals surface area contributed by atoms with Crippen LogP contribution >= 0.6 is 0 Å². The molecule has 0 aromatic carbocycles. The summed E-state index contributed by atoms with van der Waals surface area (Å²) in [5, 5.41) is 27.6. The summed E-state index contributed by atoms with van der Waals surface area (Å²) < 4.78 is 0. The summed E-state index contributed by atoms with van der Waals surface area (Å²) in [5.74, 6) is 4.63. The topological polar surface area (TPSA) is 77.8 Å². The summed E-state index contributed by atoms with van der Waals surface area (Å²) in [7, 11) is 0. The second-order valence-corrected chi connectivity index (χ2v) is 10.1. The van der Waals surface area contributed by atoms with Crippen molar-refractivity contribution >= 4 is 5.97 Å². The number of aliphatic carboxylic acids is 1. The summed E-state index contributed by atoms with van der Waals surface area (Å²) >= 11 is 0. The van der Waals surface area contributed by atoms with Gasteiger partial charge >= 0.3 is 5.97 Å².